The van der Waals surface area contributed by atoms with Crippen molar-refractivity contribution in [1.29, 1.82) is 0 Å². The quantitative estimate of drug-likeness (QED) is 0.777. The van der Waals surface area contributed by atoms with E-state index in [0.29, 0.717) is 0 Å². The highest BCUT2D eigenvalue weighted by Crippen LogP contribution is 2.10. The van der Waals surface area contributed by atoms with Crippen LogP contribution in [0.15, 0.2) is 65.7 Å². The minimum Gasteiger partial charge on any atom is -0.306 e. The highest BCUT2D eigenvalue weighted by atomic mass is 14.9. The van der Waals surface area contributed by atoms with Gasteiger partial charge in [0.1, 0.15) is 6.17 Å². The fourth-order valence-electron chi connectivity index (χ4n) is 1.44. The maximum Gasteiger partial charge on any atom is 0.123 e. The normalized spacial score (nSPS) is 12.8. The zero-order chi connectivity index (χ0) is 11.2. The summed E-state index contributed by atoms with van der Waals surface area (Å²) < 4.78 is 0. The van der Waals surface area contributed by atoms with Crippen LogP contribution in [0.25, 0.3) is 0 Å². The van der Waals surface area contributed by atoms with Gasteiger partial charge in [0.15, 0.2) is 0 Å². The van der Waals surface area contributed by atoms with Gasteiger partial charge in [-0.05, 0) is 11.1 Å². The molecule has 2 aromatic rings. The van der Waals surface area contributed by atoms with Gasteiger partial charge in [-0.3, -0.25) is 4.99 Å². The maximum absolute atomic E-state index is 5.94. The lowest BCUT2D eigenvalue weighted by atomic mass is 10.2. The van der Waals surface area contributed by atoms with Crippen molar-refractivity contribution in [2.75, 3.05) is 0 Å². The van der Waals surface area contributed by atoms with E-state index in [1.54, 1.807) is 6.21 Å². The summed E-state index contributed by atoms with van der Waals surface area (Å²) in [4.78, 5) is 4.32. The third-order valence-corrected chi connectivity index (χ3v) is 2.32. The molecule has 0 saturated heterocycles. The number of benzene rings is 2. The van der Waals surface area contributed by atoms with Crippen molar-refractivity contribution in [2.24, 2.45) is 10.7 Å². The molecule has 0 saturated carbocycles. The molecule has 0 radical (unpaired) electrons. The minimum absolute atomic E-state index is 0.290. The van der Waals surface area contributed by atoms with Crippen molar-refractivity contribution >= 4 is 6.21 Å². The zero-order valence-corrected chi connectivity index (χ0v) is 8.95. The van der Waals surface area contributed by atoms with Gasteiger partial charge < -0.3 is 5.73 Å². The van der Waals surface area contributed by atoms with Gasteiger partial charge in [-0.25, -0.2) is 0 Å². The van der Waals surface area contributed by atoms with Crippen LogP contribution in [-0.2, 0) is 0 Å². The molecule has 2 N–H and O–H groups in total. The summed E-state index contributed by atoms with van der Waals surface area (Å²) in [5, 5.41) is 0. The Morgan fingerprint density at radius 2 is 1.44 bits per heavy atom. The Kier molecular flexibility index (Phi) is 3.46. The minimum atomic E-state index is -0.290. The van der Waals surface area contributed by atoms with Crippen LogP contribution < -0.4 is 5.73 Å². The molecule has 2 heteroatoms. The van der Waals surface area contributed by atoms with Crippen molar-refractivity contribution in [3.8, 4) is 0 Å². The van der Waals surface area contributed by atoms with E-state index in [1.807, 2.05) is 60.7 Å². The predicted molar refractivity (Wildman–Crippen MR) is 67.4 cm³/mol. The lowest BCUT2D eigenvalue weighted by Gasteiger charge is -2.05. The molecule has 0 aromatic heterocycles. The van der Waals surface area contributed by atoms with Gasteiger partial charge >= 0.3 is 0 Å². The van der Waals surface area contributed by atoms with E-state index in [0.717, 1.165) is 11.1 Å². The summed E-state index contributed by atoms with van der Waals surface area (Å²) in [6, 6.07) is 19.8. The molecule has 0 aliphatic carbocycles. The van der Waals surface area contributed by atoms with Crippen LogP contribution in [0, 0.1) is 0 Å². The highest BCUT2D eigenvalue weighted by Gasteiger charge is 2.00. The van der Waals surface area contributed by atoms with Crippen molar-refractivity contribution in [3.05, 3.63) is 71.8 Å². The number of rotatable bonds is 3. The van der Waals surface area contributed by atoms with Gasteiger partial charge in [0.2, 0.25) is 0 Å². The second-order valence-electron chi connectivity index (χ2n) is 3.54. The zero-order valence-electron chi connectivity index (χ0n) is 8.95. The van der Waals surface area contributed by atoms with Gasteiger partial charge in [-0.15, -0.1) is 0 Å². The molecule has 0 heterocycles. The molecule has 0 spiro atoms. The Bertz CT molecular complexity index is 449. The molecule has 2 rings (SSSR count). The first-order chi connectivity index (χ1) is 7.86. The van der Waals surface area contributed by atoms with E-state index in [9.17, 15) is 0 Å². The first-order valence-electron chi connectivity index (χ1n) is 5.25. The first kappa shape index (κ1) is 10.6. The van der Waals surface area contributed by atoms with Crippen molar-refractivity contribution in [1.82, 2.24) is 0 Å². The molecule has 0 amide bonds. The Labute approximate surface area is 95.5 Å². The Balaban J connectivity index is 2.08. The summed E-state index contributed by atoms with van der Waals surface area (Å²) in [5.74, 6) is 0. The summed E-state index contributed by atoms with van der Waals surface area (Å²) >= 11 is 0. The third kappa shape index (κ3) is 2.78. The summed E-state index contributed by atoms with van der Waals surface area (Å²) in [6.45, 7) is 0. The fraction of sp³-hybridized carbons (Fsp3) is 0.0714. The van der Waals surface area contributed by atoms with Gasteiger partial charge in [-0.1, -0.05) is 60.7 Å². The van der Waals surface area contributed by atoms with E-state index in [-0.39, 0.29) is 6.17 Å². The molecule has 2 nitrogen and oxygen atoms in total. The van der Waals surface area contributed by atoms with Crippen LogP contribution in [0.4, 0.5) is 0 Å². The number of nitrogens with zero attached hydrogens (tertiary/aromatic N) is 1. The lowest BCUT2D eigenvalue weighted by molar-refractivity contribution is 0.780. The number of hydrogen-bond acceptors (Lipinski definition) is 2. The molecule has 0 aliphatic rings. The standard InChI is InChI=1S/C14H14N2/c15-14(13-9-5-2-6-10-13)16-11-12-7-3-1-4-8-12/h1-11,14H,15H2/b16-11+. The first-order valence-corrected chi connectivity index (χ1v) is 5.25. The Morgan fingerprint density at radius 3 is 2.06 bits per heavy atom. The number of aliphatic imine (C=N–C) groups is 1. The Hall–Kier alpha value is -1.93. The Morgan fingerprint density at radius 1 is 0.875 bits per heavy atom. The fourth-order valence-corrected chi connectivity index (χ4v) is 1.44. The van der Waals surface area contributed by atoms with E-state index < -0.39 is 0 Å². The van der Waals surface area contributed by atoms with E-state index in [2.05, 4.69) is 4.99 Å². The molecule has 80 valence electrons. The predicted octanol–water partition coefficient (Wildman–Crippen LogP) is 2.76. The van der Waals surface area contributed by atoms with Crippen molar-refractivity contribution < 1.29 is 0 Å². The second-order valence-corrected chi connectivity index (χ2v) is 3.54. The SMILES string of the molecule is NC(/N=C/c1ccccc1)c1ccccc1. The molecule has 1 atom stereocenters. The van der Waals surface area contributed by atoms with Gasteiger partial charge in [0.05, 0.1) is 0 Å². The smallest absolute Gasteiger partial charge is 0.123 e. The molecular weight excluding hydrogens is 196 g/mol. The van der Waals surface area contributed by atoms with Gasteiger partial charge in [-0.2, -0.15) is 0 Å². The summed E-state index contributed by atoms with van der Waals surface area (Å²) in [5.41, 5.74) is 8.03. The van der Waals surface area contributed by atoms with Gasteiger partial charge in [0.25, 0.3) is 0 Å². The second kappa shape index (κ2) is 5.24. The van der Waals surface area contributed by atoms with Gasteiger partial charge in [0, 0.05) is 6.21 Å². The molecule has 0 fully saturated rings. The molecule has 16 heavy (non-hydrogen) atoms. The molecular formula is C14H14N2. The topological polar surface area (TPSA) is 38.4 Å². The van der Waals surface area contributed by atoms with E-state index in [4.69, 9.17) is 5.73 Å². The summed E-state index contributed by atoms with van der Waals surface area (Å²) in [6.07, 6.45) is 1.51. The molecule has 2 aromatic carbocycles. The van der Waals surface area contributed by atoms with Crippen LogP contribution in [0.2, 0.25) is 0 Å². The van der Waals surface area contributed by atoms with Crippen LogP contribution in [0.1, 0.15) is 17.3 Å². The average molecular weight is 210 g/mol. The monoisotopic (exact) mass is 210 g/mol. The van der Waals surface area contributed by atoms with Crippen LogP contribution in [0.3, 0.4) is 0 Å². The van der Waals surface area contributed by atoms with E-state index in [1.165, 1.54) is 0 Å². The highest BCUT2D eigenvalue weighted by molar-refractivity contribution is 5.79. The maximum atomic E-state index is 5.94. The van der Waals surface area contributed by atoms with Crippen LogP contribution in [-0.4, -0.2) is 6.21 Å². The lowest BCUT2D eigenvalue weighted by Crippen LogP contribution is -2.07. The van der Waals surface area contributed by atoms with Crippen LogP contribution in [0.5, 0.6) is 0 Å². The van der Waals surface area contributed by atoms with Crippen molar-refractivity contribution in [3.63, 3.8) is 0 Å². The molecule has 0 bridgehead atoms. The average Bonchev–Trinajstić information content (AvgIpc) is 2.38. The van der Waals surface area contributed by atoms with E-state index >= 15 is 0 Å². The van der Waals surface area contributed by atoms with Crippen molar-refractivity contribution in [2.45, 2.75) is 6.17 Å². The number of nitrogens with two attached hydrogens (primary N) is 1. The summed E-state index contributed by atoms with van der Waals surface area (Å²) in [7, 11) is 0. The largest absolute Gasteiger partial charge is 0.306 e. The molecule has 1 unspecified atom stereocenters. The number of hydrogen-bond donors (Lipinski definition) is 1. The molecule has 0 aliphatic heterocycles. The van der Waals surface area contributed by atoms with Crippen LogP contribution >= 0.6 is 0 Å². The third-order valence-electron chi connectivity index (χ3n) is 2.32.